The van der Waals surface area contributed by atoms with Crippen LogP contribution in [0.15, 0.2) is 36.7 Å². The molecule has 1 aromatic heterocycles. The molecule has 5 nitrogen and oxygen atoms in total. The van der Waals surface area contributed by atoms with E-state index in [1.54, 1.807) is 29.2 Å². The first-order valence-corrected chi connectivity index (χ1v) is 5.92. The number of hydrogen-bond acceptors (Lipinski definition) is 3. The van der Waals surface area contributed by atoms with Crippen molar-refractivity contribution < 1.29 is 9.18 Å². The second kappa shape index (κ2) is 5.99. The third kappa shape index (κ3) is 4.09. The summed E-state index contributed by atoms with van der Waals surface area (Å²) >= 11 is 0. The predicted molar refractivity (Wildman–Crippen MR) is 69.8 cm³/mol. The summed E-state index contributed by atoms with van der Waals surface area (Å²) < 4.78 is 14.4. The number of aromatic nitrogens is 2. The van der Waals surface area contributed by atoms with Gasteiger partial charge in [0, 0.05) is 12.7 Å². The molecule has 0 atom stereocenters. The van der Waals surface area contributed by atoms with Crippen molar-refractivity contribution in [2.24, 2.45) is 0 Å². The van der Waals surface area contributed by atoms with Crippen LogP contribution in [0.25, 0.3) is 0 Å². The zero-order valence-electron chi connectivity index (χ0n) is 10.3. The van der Waals surface area contributed by atoms with Gasteiger partial charge in [0.15, 0.2) is 0 Å². The first-order chi connectivity index (χ1) is 9.13. The Morgan fingerprint density at radius 3 is 2.74 bits per heavy atom. The maximum atomic E-state index is 12.7. The Kier molecular flexibility index (Phi) is 4.12. The van der Waals surface area contributed by atoms with Gasteiger partial charge in [0.05, 0.1) is 24.8 Å². The van der Waals surface area contributed by atoms with Crippen molar-refractivity contribution in [3.05, 3.63) is 48.0 Å². The van der Waals surface area contributed by atoms with E-state index in [2.05, 4.69) is 10.4 Å². The van der Waals surface area contributed by atoms with E-state index in [1.165, 1.54) is 12.1 Å². The standard InChI is InChI=1S/C13H15FN4O/c14-11-3-1-10(2-4-11)7-13(19)16-5-6-18-9-12(15)8-17-18/h1-4,8-9H,5-7,15H2,(H,16,19). The van der Waals surface area contributed by atoms with Crippen LogP contribution in [0.4, 0.5) is 10.1 Å². The quantitative estimate of drug-likeness (QED) is 0.843. The van der Waals surface area contributed by atoms with Crippen LogP contribution in [0.5, 0.6) is 0 Å². The lowest BCUT2D eigenvalue weighted by Crippen LogP contribution is -2.28. The van der Waals surface area contributed by atoms with Gasteiger partial charge in [-0.2, -0.15) is 5.10 Å². The van der Waals surface area contributed by atoms with Crippen LogP contribution in [-0.2, 0) is 17.8 Å². The zero-order valence-corrected chi connectivity index (χ0v) is 10.3. The van der Waals surface area contributed by atoms with Crippen molar-refractivity contribution in [3.8, 4) is 0 Å². The lowest BCUT2D eigenvalue weighted by molar-refractivity contribution is -0.120. The van der Waals surface area contributed by atoms with E-state index < -0.39 is 0 Å². The SMILES string of the molecule is Nc1cnn(CCNC(=O)Cc2ccc(F)cc2)c1. The number of anilines is 1. The summed E-state index contributed by atoms with van der Waals surface area (Å²) in [6, 6.07) is 5.89. The molecule has 1 aromatic carbocycles. The number of carbonyl (C=O) groups is 1. The van der Waals surface area contributed by atoms with Crippen LogP contribution >= 0.6 is 0 Å². The average molecular weight is 262 g/mol. The number of hydrogen-bond donors (Lipinski definition) is 2. The van der Waals surface area contributed by atoms with E-state index in [0.29, 0.717) is 18.8 Å². The van der Waals surface area contributed by atoms with Crippen molar-refractivity contribution >= 4 is 11.6 Å². The molecular weight excluding hydrogens is 247 g/mol. The van der Waals surface area contributed by atoms with Crippen LogP contribution in [-0.4, -0.2) is 22.2 Å². The topological polar surface area (TPSA) is 72.9 Å². The molecule has 0 aliphatic carbocycles. The molecule has 2 aromatic rings. The molecule has 0 spiro atoms. The second-order valence-electron chi connectivity index (χ2n) is 4.19. The number of amides is 1. The van der Waals surface area contributed by atoms with Crippen molar-refractivity contribution in [1.29, 1.82) is 0 Å². The van der Waals surface area contributed by atoms with Crippen LogP contribution < -0.4 is 11.1 Å². The molecule has 0 radical (unpaired) electrons. The fourth-order valence-electron chi connectivity index (χ4n) is 1.66. The number of halogens is 1. The van der Waals surface area contributed by atoms with Gasteiger partial charge >= 0.3 is 0 Å². The highest BCUT2D eigenvalue weighted by Gasteiger charge is 2.03. The number of nitrogens with two attached hydrogens (primary N) is 1. The fourth-order valence-corrected chi connectivity index (χ4v) is 1.66. The minimum Gasteiger partial charge on any atom is -0.396 e. The Bertz CT molecular complexity index is 550. The highest BCUT2D eigenvalue weighted by atomic mass is 19.1. The van der Waals surface area contributed by atoms with Crippen molar-refractivity contribution in [3.63, 3.8) is 0 Å². The summed E-state index contributed by atoms with van der Waals surface area (Å²) in [4.78, 5) is 11.6. The van der Waals surface area contributed by atoms with E-state index in [1.807, 2.05) is 0 Å². The zero-order chi connectivity index (χ0) is 13.7. The van der Waals surface area contributed by atoms with E-state index >= 15 is 0 Å². The highest BCUT2D eigenvalue weighted by molar-refractivity contribution is 5.78. The van der Waals surface area contributed by atoms with Crippen LogP contribution in [0, 0.1) is 5.82 Å². The first-order valence-electron chi connectivity index (χ1n) is 5.92. The summed E-state index contributed by atoms with van der Waals surface area (Å²) in [6.07, 6.45) is 3.49. The molecule has 0 fully saturated rings. The molecule has 0 bridgehead atoms. The smallest absolute Gasteiger partial charge is 0.224 e. The summed E-state index contributed by atoms with van der Waals surface area (Å²) in [5.41, 5.74) is 6.90. The molecule has 19 heavy (non-hydrogen) atoms. The molecule has 6 heteroatoms. The maximum absolute atomic E-state index is 12.7. The molecule has 1 amide bonds. The van der Waals surface area contributed by atoms with Gasteiger partial charge < -0.3 is 11.1 Å². The summed E-state index contributed by atoms with van der Waals surface area (Å²) in [7, 11) is 0. The molecule has 100 valence electrons. The van der Waals surface area contributed by atoms with Crippen LogP contribution in [0.2, 0.25) is 0 Å². The molecule has 2 rings (SSSR count). The summed E-state index contributed by atoms with van der Waals surface area (Å²) in [5, 5.41) is 6.77. The molecular formula is C13H15FN4O. The maximum Gasteiger partial charge on any atom is 0.224 e. The Morgan fingerprint density at radius 1 is 1.37 bits per heavy atom. The number of benzene rings is 1. The van der Waals surface area contributed by atoms with E-state index in [4.69, 9.17) is 5.73 Å². The lowest BCUT2D eigenvalue weighted by Gasteiger charge is -2.05. The van der Waals surface area contributed by atoms with Gasteiger partial charge in [-0.15, -0.1) is 0 Å². The van der Waals surface area contributed by atoms with Crippen LogP contribution in [0.3, 0.4) is 0 Å². The van der Waals surface area contributed by atoms with Gasteiger partial charge in [-0.3, -0.25) is 9.48 Å². The van der Waals surface area contributed by atoms with Crippen molar-refractivity contribution in [2.75, 3.05) is 12.3 Å². The normalized spacial score (nSPS) is 10.4. The van der Waals surface area contributed by atoms with Crippen LogP contribution in [0.1, 0.15) is 5.56 Å². The van der Waals surface area contributed by atoms with E-state index in [-0.39, 0.29) is 18.1 Å². The van der Waals surface area contributed by atoms with Gasteiger partial charge in [-0.25, -0.2) is 4.39 Å². The van der Waals surface area contributed by atoms with Gasteiger partial charge in [0.2, 0.25) is 5.91 Å². The Hall–Kier alpha value is -2.37. The molecule has 0 aliphatic heterocycles. The molecule has 0 saturated heterocycles. The highest BCUT2D eigenvalue weighted by Crippen LogP contribution is 2.03. The number of nitrogens with one attached hydrogen (secondary N) is 1. The summed E-state index contributed by atoms with van der Waals surface area (Å²) in [6.45, 7) is 1.04. The third-order valence-corrected chi connectivity index (χ3v) is 2.59. The van der Waals surface area contributed by atoms with Gasteiger partial charge in [-0.1, -0.05) is 12.1 Å². The minimum atomic E-state index is -0.305. The Morgan fingerprint density at radius 2 is 2.11 bits per heavy atom. The number of nitrogens with zero attached hydrogens (tertiary/aromatic N) is 2. The predicted octanol–water partition coefficient (Wildman–Crippen LogP) is 0.963. The lowest BCUT2D eigenvalue weighted by atomic mass is 10.1. The van der Waals surface area contributed by atoms with E-state index in [9.17, 15) is 9.18 Å². The Balaban J connectivity index is 1.74. The summed E-state index contributed by atoms with van der Waals surface area (Å²) in [5.74, 6) is -0.410. The number of rotatable bonds is 5. The number of nitrogen functional groups attached to an aromatic ring is 1. The molecule has 0 saturated carbocycles. The average Bonchev–Trinajstić information content (AvgIpc) is 2.78. The largest absolute Gasteiger partial charge is 0.396 e. The van der Waals surface area contributed by atoms with E-state index in [0.717, 1.165) is 5.56 Å². The number of carbonyl (C=O) groups excluding carboxylic acids is 1. The molecule has 0 unspecified atom stereocenters. The van der Waals surface area contributed by atoms with Crippen molar-refractivity contribution in [1.82, 2.24) is 15.1 Å². The molecule has 1 heterocycles. The minimum absolute atomic E-state index is 0.105. The van der Waals surface area contributed by atoms with Crippen molar-refractivity contribution in [2.45, 2.75) is 13.0 Å². The first kappa shape index (κ1) is 13.1. The monoisotopic (exact) mass is 262 g/mol. The van der Waals surface area contributed by atoms with Gasteiger partial charge in [0.25, 0.3) is 0 Å². The fraction of sp³-hybridized carbons (Fsp3) is 0.231. The third-order valence-electron chi connectivity index (χ3n) is 2.59. The molecule has 0 aliphatic rings. The van der Waals surface area contributed by atoms with Gasteiger partial charge in [-0.05, 0) is 17.7 Å². The Labute approximate surface area is 110 Å². The molecule has 3 N–H and O–H groups in total. The van der Waals surface area contributed by atoms with Gasteiger partial charge in [0.1, 0.15) is 5.82 Å². The second-order valence-corrected chi connectivity index (χ2v) is 4.19.